The molecule has 2 rings (SSSR count). The van der Waals surface area contributed by atoms with Gasteiger partial charge in [0.2, 0.25) is 5.91 Å². The molecule has 1 aromatic carbocycles. The Kier molecular flexibility index (Phi) is 11.7. The van der Waals surface area contributed by atoms with E-state index in [1.54, 1.807) is 21.2 Å². The van der Waals surface area contributed by atoms with Crippen LogP contribution in [0.3, 0.4) is 0 Å². The Morgan fingerprint density at radius 2 is 1.86 bits per heavy atom. The molecule has 1 fully saturated rings. The molecular formula is C20H34IN5O3. The number of amides is 1. The first-order valence-electron chi connectivity index (χ1n) is 9.75. The van der Waals surface area contributed by atoms with Gasteiger partial charge in [-0.1, -0.05) is 0 Å². The molecule has 0 radical (unpaired) electrons. The summed E-state index contributed by atoms with van der Waals surface area (Å²) in [6.45, 7) is 4.93. The highest BCUT2D eigenvalue weighted by atomic mass is 127. The molecule has 1 heterocycles. The largest absolute Gasteiger partial charge is 0.497 e. The number of nitrogens with one attached hydrogen (secondary N) is 3. The highest BCUT2D eigenvalue weighted by Gasteiger charge is 2.21. The number of hydrogen-bond donors (Lipinski definition) is 3. The van der Waals surface area contributed by atoms with Crippen molar-refractivity contribution in [3.05, 3.63) is 24.3 Å². The first-order valence-corrected chi connectivity index (χ1v) is 9.75. The van der Waals surface area contributed by atoms with Crippen LogP contribution in [0.25, 0.3) is 0 Å². The Balaban J connectivity index is 0.00000420. The number of hydrogen-bond acceptors (Lipinski definition) is 5. The molecule has 0 aromatic heterocycles. The molecule has 1 unspecified atom stereocenters. The lowest BCUT2D eigenvalue weighted by Crippen LogP contribution is -2.51. The van der Waals surface area contributed by atoms with Crippen LogP contribution in [0.2, 0.25) is 0 Å². The summed E-state index contributed by atoms with van der Waals surface area (Å²) < 4.78 is 11.1. The number of benzene rings is 1. The molecule has 164 valence electrons. The van der Waals surface area contributed by atoms with Crippen molar-refractivity contribution in [1.82, 2.24) is 20.9 Å². The SMILES string of the molecule is CN=C(NCC(C)Oc1ccc(OC)cc1)NC1CCN(CC(=O)NC)CC1.I. The molecular weight excluding hydrogens is 485 g/mol. The van der Waals surface area contributed by atoms with E-state index in [2.05, 4.69) is 25.8 Å². The van der Waals surface area contributed by atoms with Gasteiger partial charge in [-0.15, -0.1) is 24.0 Å². The fourth-order valence-electron chi connectivity index (χ4n) is 3.07. The van der Waals surface area contributed by atoms with Crippen LogP contribution in [0.5, 0.6) is 11.5 Å². The first kappa shape index (κ1) is 25.3. The minimum absolute atomic E-state index is 0. The van der Waals surface area contributed by atoms with E-state index in [1.165, 1.54) is 0 Å². The first-order chi connectivity index (χ1) is 13.5. The monoisotopic (exact) mass is 519 g/mol. The standard InChI is InChI=1S/C20H33N5O3.HI/c1-15(28-18-7-5-17(27-4)6-8-18)13-23-20(22-3)24-16-9-11-25(12-10-16)14-19(26)21-2;/h5-8,15-16H,9-14H2,1-4H3,(H,21,26)(H2,22,23,24);1H. The minimum Gasteiger partial charge on any atom is -0.497 e. The Morgan fingerprint density at radius 3 is 2.41 bits per heavy atom. The number of methoxy groups -OCH3 is 1. The Bertz CT molecular complexity index is 634. The molecule has 1 aliphatic heterocycles. The van der Waals surface area contributed by atoms with Gasteiger partial charge in [-0.2, -0.15) is 0 Å². The van der Waals surface area contributed by atoms with Gasteiger partial charge in [0.1, 0.15) is 17.6 Å². The zero-order chi connectivity index (χ0) is 20.4. The average molecular weight is 519 g/mol. The summed E-state index contributed by atoms with van der Waals surface area (Å²) in [5.74, 6) is 2.45. The maximum Gasteiger partial charge on any atom is 0.233 e. The van der Waals surface area contributed by atoms with Gasteiger partial charge in [0.05, 0.1) is 20.2 Å². The highest BCUT2D eigenvalue weighted by Crippen LogP contribution is 2.18. The third-order valence-electron chi connectivity index (χ3n) is 4.75. The molecule has 29 heavy (non-hydrogen) atoms. The van der Waals surface area contributed by atoms with Crippen LogP contribution in [-0.4, -0.2) is 76.3 Å². The van der Waals surface area contributed by atoms with Crippen molar-refractivity contribution in [1.29, 1.82) is 0 Å². The fraction of sp³-hybridized carbons (Fsp3) is 0.600. The van der Waals surface area contributed by atoms with E-state index in [0.29, 0.717) is 19.1 Å². The zero-order valence-electron chi connectivity index (χ0n) is 17.7. The molecule has 0 aliphatic carbocycles. The van der Waals surface area contributed by atoms with Crippen molar-refractivity contribution in [3.8, 4) is 11.5 Å². The number of piperidine rings is 1. The molecule has 1 saturated heterocycles. The van der Waals surface area contributed by atoms with E-state index < -0.39 is 0 Å². The lowest BCUT2D eigenvalue weighted by atomic mass is 10.1. The summed E-state index contributed by atoms with van der Waals surface area (Å²) in [6.07, 6.45) is 1.95. The van der Waals surface area contributed by atoms with E-state index in [4.69, 9.17) is 9.47 Å². The van der Waals surface area contributed by atoms with Crippen LogP contribution < -0.4 is 25.4 Å². The smallest absolute Gasteiger partial charge is 0.233 e. The predicted octanol–water partition coefficient (Wildman–Crippen LogP) is 1.46. The maximum absolute atomic E-state index is 11.5. The number of carbonyl (C=O) groups is 1. The maximum atomic E-state index is 11.5. The number of halogens is 1. The number of likely N-dealkylation sites (N-methyl/N-ethyl adjacent to an activating group) is 1. The second-order valence-corrected chi connectivity index (χ2v) is 6.93. The van der Waals surface area contributed by atoms with Gasteiger partial charge in [-0.25, -0.2) is 0 Å². The van der Waals surface area contributed by atoms with Gasteiger partial charge in [0.25, 0.3) is 0 Å². The van der Waals surface area contributed by atoms with E-state index >= 15 is 0 Å². The normalized spacial score (nSPS) is 16.3. The second-order valence-electron chi connectivity index (χ2n) is 6.93. The number of likely N-dealkylation sites (tertiary alicyclic amines) is 1. The van der Waals surface area contributed by atoms with Crippen LogP contribution >= 0.6 is 24.0 Å². The van der Waals surface area contributed by atoms with Crippen molar-refractivity contribution in [2.45, 2.75) is 31.9 Å². The summed E-state index contributed by atoms with van der Waals surface area (Å²) in [6, 6.07) is 7.91. The highest BCUT2D eigenvalue weighted by molar-refractivity contribution is 14.0. The van der Waals surface area contributed by atoms with Gasteiger partial charge in [0.15, 0.2) is 5.96 Å². The molecule has 1 aromatic rings. The Labute approximate surface area is 190 Å². The van der Waals surface area contributed by atoms with Crippen molar-refractivity contribution in [2.75, 3.05) is 47.4 Å². The molecule has 8 nitrogen and oxygen atoms in total. The minimum atomic E-state index is -0.0126. The molecule has 1 amide bonds. The summed E-state index contributed by atoms with van der Waals surface area (Å²) in [5.41, 5.74) is 0. The van der Waals surface area contributed by atoms with Gasteiger partial charge in [-0.3, -0.25) is 14.7 Å². The van der Waals surface area contributed by atoms with E-state index in [-0.39, 0.29) is 36.0 Å². The fourth-order valence-corrected chi connectivity index (χ4v) is 3.07. The molecule has 0 bridgehead atoms. The Morgan fingerprint density at radius 1 is 1.24 bits per heavy atom. The third kappa shape index (κ3) is 9.07. The molecule has 0 saturated carbocycles. The van der Waals surface area contributed by atoms with E-state index in [0.717, 1.165) is 43.4 Å². The number of aliphatic imine (C=N–C) groups is 1. The van der Waals surface area contributed by atoms with Gasteiger partial charge < -0.3 is 25.4 Å². The molecule has 1 aliphatic rings. The van der Waals surface area contributed by atoms with Gasteiger partial charge >= 0.3 is 0 Å². The third-order valence-corrected chi connectivity index (χ3v) is 4.75. The molecule has 9 heteroatoms. The van der Waals surface area contributed by atoms with Crippen LogP contribution in [-0.2, 0) is 4.79 Å². The van der Waals surface area contributed by atoms with Crippen LogP contribution in [0, 0.1) is 0 Å². The lowest BCUT2D eigenvalue weighted by Gasteiger charge is -2.32. The summed E-state index contributed by atoms with van der Waals surface area (Å²) >= 11 is 0. The molecule has 1 atom stereocenters. The molecule has 3 N–H and O–H groups in total. The number of ether oxygens (including phenoxy) is 2. The summed E-state index contributed by atoms with van der Waals surface area (Å²) in [4.78, 5) is 18.0. The molecule has 0 spiro atoms. The van der Waals surface area contributed by atoms with Crippen LogP contribution in [0.1, 0.15) is 19.8 Å². The summed E-state index contributed by atoms with van der Waals surface area (Å²) in [5, 5.41) is 9.46. The number of carbonyl (C=O) groups excluding carboxylic acids is 1. The Hall–Kier alpha value is -1.75. The van der Waals surface area contributed by atoms with Gasteiger partial charge in [0, 0.05) is 33.2 Å². The quantitative estimate of drug-likeness (QED) is 0.274. The lowest BCUT2D eigenvalue weighted by molar-refractivity contribution is -0.122. The van der Waals surface area contributed by atoms with Crippen molar-refractivity contribution < 1.29 is 14.3 Å². The predicted molar refractivity (Wildman–Crippen MR) is 127 cm³/mol. The topological polar surface area (TPSA) is 87.2 Å². The number of guanidine groups is 1. The number of rotatable bonds is 8. The van der Waals surface area contributed by atoms with Crippen molar-refractivity contribution >= 4 is 35.8 Å². The van der Waals surface area contributed by atoms with Crippen LogP contribution in [0.4, 0.5) is 0 Å². The van der Waals surface area contributed by atoms with Crippen molar-refractivity contribution in [2.24, 2.45) is 4.99 Å². The van der Waals surface area contributed by atoms with E-state index in [9.17, 15) is 4.79 Å². The summed E-state index contributed by atoms with van der Waals surface area (Å²) in [7, 11) is 5.09. The zero-order valence-corrected chi connectivity index (χ0v) is 20.1. The van der Waals surface area contributed by atoms with Crippen molar-refractivity contribution in [3.63, 3.8) is 0 Å². The second kappa shape index (κ2) is 13.5. The average Bonchev–Trinajstić information content (AvgIpc) is 2.72. The number of nitrogens with zero attached hydrogens (tertiary/aromatic N) is 2. The van der Waals surface area contributed by atoms with Crippen LogP contribution in [0.15, 0.2) is 29.3 Å². The van der Waals surface area contributed by atoms with E-state index in [1.807, 2.05) is 31.2 Å². The van der Waals surface area contributed by atoms with Gasteiger partial charge in [-0.05, 0) is 44.0 Å².